The van der Waals surface area contributed by atoms with Gasteiger partial charge in [0, 0.05) is 33.1 Å². The predicted octanol–water partition coefficient (Wildman–Crippen LogP) is 4.09. The number of aromatic nitrogens is 4. The summed E-state index contributed by atoms with van der Waals surface area (Å²) in [7, 11) is 3.43. The molecule has 6 rings (SSSR count). The van der Waals surface area contributed by atoms with Crippen LogP contribution in [-0.4, -0.2) is 106 Å². The van der Waals surface area contributed by atoms with Crippen LogP contribution in [0.4, 0.5) is 10.7 Å². The number of likely N-dealkylation sites (tertiary alicyclic amines) is 1. The topological polar surface area (TPSA) is 135 Å². The Morgan fingerprint density at radius 1 is 0.981 bits per heavy atom. The van der Waals surface area contributed by atoms with Gasteiger partial charge in [0.15, 0.2) is 0 Å². The first kappa shape index (κ1) is 37.0. The molecule has 0 spiro atoms. The molecule has 0 radical (unpaired) electrons. The molecule has 0 saturated carbocycles. The summed E-state index contributed by atoms with van der Waals surface area (Å²) in [6.45, 7) is 4.83. The summed E-state index contributed by atoms with van der Waals surface area (Å²) >= 11 is 0. The van der Waals surface area contributed by atoms with Crippen LogP contribution in [0.15, 0.2) is 78.9 Å². The number of terminal acetylenes is 1. The minimum absolute atomic E-state index is 0.0405. The highest BCUT2D eigenvalue weighted by Gasteiger charge is 2.39. The van der Waals surface area contributed by atoms with Gasteiger partial charge in [0.2, 0.25) is 17.8 Å². The van der Waals surface area contributed by atoms with Gasteiger partial charge in [-0.15, -0.1) is 6.42 Å². The van der Waals surface area contributed by atoms with Crippen molar-refractivity contribution in [1.82, 2.24) is 35.3 Å². The summed E-state index contributed by atoms with van der Waals surface area (Å²) in [5.41, 5.74) is 5.54. The summed E-state index contributed by atoms with van der Waals surface area (Å²) in [6.07, 6.45) is 5.57. The van der Waals surface area contributed by atoms with Crippen molar-refractivity contribution < 1.29 is 23.9 Å². The highest BCUT2D eigenvalue weighted by Crippen LogP contribution is 2.44. The van der Waals surface area contributed by atoms with Crippen LogP contribution in [0.3, 0.4) is 0 Å². The Morgan fingerprint density at radius 3 is 2.32 bits per heavy atom. The van der Waals surface area contributed by atoms with Crippen molar-refractivity contribution in [2.45, 2.75) is 69.9 Å². The van der Waals surface area contributed by atoms with Gasteiger partial charge in [0.05, 0.1) is 18.7 Å². The number of likely N-dealkylation sites (N-methyl/N-ethyl adjacent to an activating group) is 1. The fraction of sp³-hybridized carbons (Fsp3) is 0.400. The van der Waals surface area contributed by atoms with E-state index >= 15 is 0 Å². The van der Waals surface area contributed by atoms with E-state index in [2.05, 4.69) is 38.9 Å². The van der Waals surface area contributed by atoms with Crippen LogP contribution in [0.25, 0.3) is 11.1 Å². The number of anilines is 1. The fourth-order valence-corrected chi connectivity index (χ4v) is 7.17. The van der Waals surface area contributed by atoms with E-state index in [-0.39, 0.29) is 31.1 Å². The van der Waals surface area contributed by atoms with E-state index in [0.29, 0.717) is 25.6 Å². The Labute approximate surface area is 310 Å². The van der Waals surface area contributed by atoms with Crippen molar-refractivity contribution in [1.29, 1.82) is 0 Å². The summed E-state index contributed by atoms with van der Waals surface area (Å²) in [4.78, 5) is 46.3. The van der Waals surface area contributed by atoms with E-state index in [1.54, 1.807) is 23.4 Å². The van der Waals surface area contributed by atoms with Gasteiger partial charge < -0.3 is 24.6 Å². The maximum absolute atomic E-state index is 14.3. The molecule has 0 bridgehead atoms. The number of amides is 3. The zero-order valence-corrected chi connectivity index (χ0v) is 30.6. The number of hydrogen-bond acceptors (Lipinski definition) is 9. The van der Waals surface area contributed by atoms with Crippen molar-refractivity contribution >= 4 is 23.9 Å². The third kappa shape index (κ3) is 8.18. The van der Waals surface area contributed by atoms with Crippen LogP contribution in [0.2, 0.25) is 0 Å². The number of carbonyl (C=O) groups is 3. The molecule has 1 aromatic heterocycles. The number of hydrogen-bond donors (Lipinski definition) is 1. The van der Waals surface area contributed by atoms with E-state index < -0.39 is 30.2 Å². The van der Waals surface area contributed by atoms with Crippen LogP contribution >= 0.6 is 0 Å². The number of rotatable bonds is 14. The number of ether oxygens (including phenoxy) is 2. The van der Waals surface area contributed by atoms with E-state index in [4.69, 9.17) is 15.9 Å². The molecule has 2 heterocycles. The van der Waals surface area contributed by atoms with Gasteiger partial charge in [-0.2, -0.15) is 0 Å². The normalized spacial score (nSPS) is 16.5. The average Bonchev–Trinajstić information content (AvgIpc) is 3.92. The molecule has 1 aliphatic carbocycles. The molecule has 1 N–H and O–H groups in total. The van der Waals surface area contributed by atoms with Crippen molar-refractivity contribution in [2.75, 3.05) is 38.8 Å². The number of fused-ring (bicyclic) bond motifs is 3. The number of tetrazole rings is 1. The smallest absolute Gasteiger partial charge is 0.410 e. The maximum Gasteiger partial charge on any atom is 0.410 e. The van der Waals surface area contributed by atoms with Crippen LogP contribution in [0, 0.1) is 12.3 Å². The minimum Gasteiger partial charge on any atom is -0.448 e. The second kappa shape index (κ2) is 16.7. The fourth-order valence-electron chi connectivity index (χ4n) is 7.17. The molecule has 4 aromatic rings. The Balaban J connectivity index is 1.10. The molecule has 3 amide bonds. The molecule has 2 aliphatic rings. The highest BCUT2D eigenvalue weighted by molar-refractivity contribution is 5.91. The lowest BCUT2D eigenvalue weighted by atomic mass is 9.98. The quantitative estimate of drug-likeness (QED) is 0.191. The Hall–Kier alpha value is -5.74. The van der Waals surface area contributed by atoms with Crippen LogP contribution < -0.4 is 10.2 Å². The number of benzene rings is 3. The molecule has 1 saturated heterocycles. The SMILES string of the molecule is C#CCOC(C)[C@H](NC(=O)[C@H](C)N(C)C(=O)OCC1c2ccccc2-c2ccccc21)C(=O)N1CCC[C@H]1Cn1nnnc1N(C)Cc1ccccc1. The molecular formula is C40H46N8O5. The standard InChI is InChI=1S/C40H46N8O5/c1-6-23-52-28(3)36(38(50)47-22-14-17-30(47)25-48-39(42-43-44-48)45(4)24-29-15-8-7-9-16-29)41-37(49)27(2)46(5)40(51)53-26-35-33-20-12-10-18-31(33)32-19-11-13-21-34(32)35/h1,7-13,15-16,18-21,27-28,30,35-36H,14,17,22-26H2,2-5H3,(H,41,49)/t27-,28?,30-,36-/m0/s1. The molecule has 13 heteroatoms. The van der Waals surface area contributed by atoms with Gasteiger partial charge in [-0.3, -0.25) is 14.5 Å². The van der Waals surface area contributed by atoms with Crippen molar-refractivity contribution in [3.63, 3.8) is 0 Å². The Bertz CT molecular complexity index is 1900. The Kier molecular flexibility index (Phi) is 11.7. The zero-order valence-electron chi connectivity index (χ0n) is 30.6. The Morgan fingerprint density at radius 2 is 1.64 bits per heavy atom. The van der Waals surface area contributed by atoms with E-state index in [1.165, 1.54) is 11.9 Å². The molecule has 13 nitrogen and oxygen atoms in total. The predicted molar refractivity (Wildman–Crippen MR) is 200 cm³/mol. The van der Waals surface area contributed by atoms with Gasteiger partial charge >= 0.3 is 6.09 Å². The molecular weight excluding hydrogens is 672 g/mol. The van der Waals surface area contributed by atoms with Crippen LogP contribution in [-0.2, 0) is 32.2 Å². The third-order valence-electron chi connectivity index (χ3n) is 10.2. The molecule has 1 fully saturated rings. The third-order valence-corrected chi connectivity index (χ3v) is 10.2. The van der Waals surface area contributed by atoms with Gasteiger partial charge in [-0.25, -0.2) is 9.48 Å². The molecule has 276 valence electrons. The molecule has 4 atom stereocenters. The monoisotopic (exact) mass is 718 g/mol. The van der Waals surface area contributed by atoms with Gasteiger partial charge in [-0.1, -0.05) is 89.9 Å². The molecule has 3 aromatic carbocycles. The summed E-state index contributed by atoms with van der Waals surface area (Å²) in [5, 5.41) is 15.3. The summed E-state index contributed by atoms with van der Waals surface area (Å²) < 4.78 is 13.3. The summed E-state index contributed by atoms with van der Waals surface area (Å²) in [5.74, 6) is 2.05. The number of nitrogens with zero attached hydrogens (tertiary/aromatic N) is 7. The van der Waals surface area contributed by atoms with Gasteiger partial charge in [0.25, 0.3) is 0 Å². The lowest BCUT2D eigenvalue weighted by Gasteiger charge is -2.33. The first-order valence-corrected chi connectivity index (χ1v) is 17.9. The lowest BCUT2D eigenvalue weighted by molar-refractivity contribution is -0.142. The minimum atomic E-state index is -1.07. The van der Waals surface area contributed by atoms with E-state index in [1.807, 2.05) is 78.7 Å². The van der Waals surface area contributed by atoms with Crippen molar-refractivity contribution in [3.8, 4) is 23.5 Å². The highest BCUT2D eigenvalue weighted by atomic mass is 16.6. The van der Waals surface area contributed by atoms with Gasteiger partial charge in [-0.05, 0) is 64.9 Å². The zero-order chi connectivity index (χ0) is 37.5. The second-order valence-electron chi connectivity index (χ2n) is 13.6. The van der Waals surface area contributed by atoms with Crippen molar-refractivity contribution in [2.24, 2.45) is 0 Å². The molecule has 1 aliphatic heterocycles. The first-order chi connectivity index (χ1) is 25.7. The van der Waals surface area contributed by atoms with Crippen LogP contribution in [0.1, 0.15) is 49.3 Å². The molecule has 1 unspecified atom stereocenters. The first-order valence-electron chi connectivity index (χ1n) is 17.9. The summed E-state index contributed by atoms with van der Waals surface area (Å²) in [6, 6.07) is 23.9. The number of carbonyl (C=O) groups excluding carboxylic acids is 3. The largest absolute Gasteiger partial charge is 0.448 e. The van der Waals surface area contributed by atoms with Gasteiger partial charge in [0.1, 0.15) is 25.3 Å². The van der Waals surface area contributed by atoms with E-state index in [0.717, 1.165) is 40.7 Å². The van der Waals surface area contributed by atoms with Crippen LogP contribution in [0.5, 0.6) is 0 Å². The lowest BCUT2D eigenvalue weighted by Crippen LogP contribution is -2.58. The molecule has 53 heavy (non-hydrogen) atoms. The van der Waals surface area contributed by atoms with E-state index in [9.17, 15) is 14.4 Å². The average molecular weight is 719 g/mol. The van der Waals surface area contributed by atoms with Crippen molar-refractivity contribution in [3.05, 3.63) is 95.6 Å². The second-order valence-corrected chi connectivity index (χ2v) is 13.6. The number of nitrogens with one attached hydrogen (secondary N) is 1. The maximum atomic E-state index is 14.3.